The highest BCUT2D eigenvalue weighted by Gasteiger charge is 2.17. The van der Waals surface area contributed by atoms with E-state index in [1.165, 1.54) is 236 Å². The second-order valence-corrected chi connectivity index (χ2v) is 29.0. The van der Waals surface area contributed by atoms with E-state index in [1.807, 2.05) is 54.6 Å². The summed E-state index contributed by atoms with van der Waals surface area (Å²) in [5, 5.41) is 0. The maximum Gasteiger partial charge on any atom is 0.119 e. The topological polar surface area (TPSA) is 83.1 Å². The van der Waals surface area contributed by atoms with Gasteiger partial charge in [0, 0.05) is 40.6 Å². The molecule has 5 aliphatic rings. The molecule has 0 fully saturated rings. The van der Waals surface area contributed by atoms with Crippen LogP contribution in [-0.2, 0) is 89.6 Å². The summed E-state index contributed by atoms with van der Waals surface area (Å²) < 4.78 is 49.0. The summed E-state index contributed by atoms with van der Waals surface area (Å²) in [6.45, 7) is 34.7. The molecule has 6 aromatic carbocycles. The summed E-state index contributed by atoms with van der Waals surface area (Å²) in [6, 6.07) is 40.8. The Kier molecular flexibility index (Phi) is 53.5. The Bertz CT molecular complexity index is 3200. The van der Waals surface area contributed by atoms with Gasteiger partial charge in [0.05, 0.1) is 45.7 Å². The molecule has 1 unspecified atom stereocenters. The molecule has 0 aliphatic heterocycles. The fraction of sp³-hybridized carbons (Fsp3) is 0.556. The van der Waals surface area contributed by atoms with Crippen molar-refractivity contribution in [3.8, 4) is 28.7 Å². The van der Waals surface area contributed by atoms with Crippen molar-refractivity contribution in [2.24, 2.45) is 0 Å². The molecular weight excluding hydrogens is 1330 g/mol. The van der Waals surface area contributed by atoms with Crippen LogP contribution in [0.1, 0.15) is 269 Å². The monoisotopic (exact) mass is 1480 g/mol. The number of methoxy groups -OCH3 is 3. The molecule has 0 spiro atoms. The lowest BCUT2D eigenvalue weighted by Crippen LogP contribution is -2.11. The Morgan fingerprint density at radius 3 is 1.02 bits per heavy atom. The van der Waals surface area contributed by atoms with Crippen molar-refractivity contribution >= 4 is 6.08 Å². The van der Waals surface area contributed by atoms with Crippen LogP contribution in [-0.4, -0.2) is 86.4 Å². The summed E-state index contributed by atoms with van der Waals surface area (Å²) in [7, 11) is 5.21. The smallest absolute Gasteiger partial charge is 0.119 e. The summed E-state index contributed by atoms with van der Waals surface area (Å²) in [4.78, 5) is 0. The summed E-state index contributed by atoms with van der Waals surface area (Å²) in [5.74, 6) is 5.08. The molecule has 6 aromatic rings. The van der Waals surface area contributed by atoms with Crippen molar-refractivity contribution in [3.05, 3.63) is 227 Å². The number of rotatable bonds is 47. The third-order valence-corrected chi connectivity index (χ3v) is 20.2. The van der Waals surface area contributed by atoms with Gasteiger partial charge in [0.1, 0.15) is 28.7 Å². The second kappa shape index (κ2) is 61.8. The summed E-state index contributed by atoms with van der Waals surface area (Å²) in [6.07, 6.45) is 52.0. The van der Waals surface area contributed by atoms with Crippen molar-refractivity contribution in [2.75, 3.05) is 74.2 Å². The minimum absolute atomic E-state index is 0.268. The maximum atomic E-state index is 5.76. The summed E-state index contributed by atoms with van der Waals surface area (Å²) in [5.41, 5.74) is 17.7. The zero-order valence-electron chi connectivity index (χ0n) is 69.5. The zero-order chi connectivity index (χ0) is 77.7. The average Bonchev–Trinajstić information content (AvgIpc) is 0.848. The van der Waals surface area contributed by atoms with Gasteiger partial charge < -0.3 is 42.6 Å². The number of ether oxygens (including phenoxy) is 9. The van der Waals surface area contributed by atoms with Gasteiger partial charge in [-0.2, -0.15) is 0 Å². The van der Waals surface area contributed by atoms with E-state index in [0.29, 0.717) is 6.10 Å². The van der Waals surface area contributed by atoms with E-state index in [2.05, 4.69) is 153 Å². The van der Waals surface area contributed by atoms with Gasteiger partial charge >= 0.3 is 0 Å². The highest BCUT2D eigenvalue weighted by atomic mass is 16.5. The molecule has 0 bridgehead atoms. The Hall–Kier alpha value is -6.88. The van der Waals surface area contributed by atoms with Gasteiger partial charge in [-0.3, -0.25) is 0 Å². The third kappa shape index (κ3) is 40.7. The van der Waals surface area contributed by atoms with Gasteiger partial charge in [-0.05, 0) is 269 Å². The number of benzene rings is 6. The number of hydrogen-bond donors (Lipinski definition) is 0. The maximum absolute atomic E-state index is 5.76. The minimum atomic E-state index is 0.268. The lowest BCUT2D eigenvalue weighted by molar-refractivity contribution is 0.0549. The zero-order valence-corrected chi connectivity index (χ0v) is 69.5. The van der Waals surface area contributed by atoms with Crippen LogP contribution in [0.4, 0.5) is 0 Å². The molecule has 0 saturated heterocycles. The van der Waals surface area contributed by atoms with Gasteiger partial charge in [-0.1, -0.05) is 217 Å². The first kappa shape index (κ1) is 93.5. The predicted octanol–water partition coefficient (Wildman–Crippen LogP) is 25.8. The molecule has 9 nitrogen and oxygen atoms in total. The van der Waals surface area contributed by atoms with Crippen LogP contribution in [0, 0.1) is 0 Å². The van der Waals surface area contributed by atoms with Crippen molar-refractivity contribution in [1.29, 1.82) is 0 Å². The molecule has 1 atom stereocenters. The minimum Gasteiger partial charge on any atom is -0.497 e. The first-order valence-electron chi connectivity index (χ1n) is 42.5. The molecular formula is C99H148O9. The molecule has 9 heteroatoms. The van der Waals surface area contributed by atoms with Crippen LogP contribution in [0.5, 0.6) is 28.7 Å². The van der Waals surface area contributed by atoms with Crippen LogP contribution in [0.2, 0.25) is 0 Å². The van der Waals surface area contributed by atoms with Crippen LogP contribution in [0.25, 0.3) is 6.08 Å². The fourth-order valence-corrected chi connectivity index (χ4v) is 12.7. The molecule has 598 valence electrons. The van der Waals surface area contributed by atoms with Gasteiger partial charge in [-0.15, -0.1) is 19.7 Å². The van der Waals surface area contributed by atoms with Gasteiger partial charge in [0.15, 0.2) is 0 Å². The highest BCUT2D eigenvalue weighted by molar-refractivity contribution is 5.48. The predicted molar refractivity (Wildman–Crippen MR) is 461 cm³/mol. The van der Waals surface area contributed by atoms with E-state index in [-0.39, 0.29) is 6.10 Å². The SMILES string of the molecule is C=CC(CC)OCCC.C=CCC(CC=C)OCCCCC.C=Cc1ccc(OCCCCCCCCOC)cc1.CCCCCCCOc1ccc2c(c1)CC2.CCCCCCOc1ccc2c(c1)CC2.CCCc1ccc2c(c1)CC2.COCCCCOc1ccc2c(c1)CC2.COc1ccc2c(c1)CC2. The van der Waals surface area contributed by atoms with E-state index in [1.54, 1.807) is 32.5 Å². The van der Waals surface area contributed by atoms with Crippen LogP contribution >= 0.6 is 0 Å². The number of fused-ring (bicyclic) bond motifs is 5. The van der Waals surface area contributed by atoms with E-state index in [9.17, 15) is 0 Å². The Balaban J connectivity index is 0.000000263. The molecule has 0 N–H and O–H groups in total. The Morgan fingerprint density at radius 1 is 0.315 bits per heavy atom. The normalized spacial score (nSPS) is 12.4. The van der Waals surface area contributed by atoms with E-state index < -0.39 is 0 Å². The Labute approximate surface area is 659 Å². The lowest BCUT2D eigenvalue weighted by Gasteiger charge is -2.19. The number of unbranched alkanes of at least 4 members (excludes halogenated alkanes) is 15. The third-order valence-electron chi connectivity index (χ3n) is 20.2. The average molecular weight is 1480 g/mol. The van der Waals surface area contributed by atoms with Gasteiger partial charge in [0.25, 0.3) is 0 Å². The largest absolute Gasteiger partial charge is 0.497 e. The standard InChI is InChI=1S/C17H26O2.C15H22O.C14H20O.C13H18O2.C12H22O.C11H14.C9H10O.C8H16O/c1-3-16-10-12-17(13-11-16)19-15-9-7-5-4-6-8-14-18-2;1-2-3-4-5-6-11-16-15-10-9-13-7-8-14(13)12-15;1-2-3-4-5-10-15-14-9-8-12-6-7-13(12)11-14;1-14-8-2-3-9-15-13-7-6-11-4-5-12(11)10-13;1-4-7-8-11-13-12(9-5-2)10-6-3;1-2-3-9-4-5-10-6-7-11(10)8-9;1-10-9-5-4-7-2-3-8(7)6-9;1-4-7-9-8(5-2)6-3/h3,10-13H,1,4-9,14-15H2,2H3;9-10,12H,2-8,11H2,1H3;8-9,11H,2-7,10H2,1H3;6-7,10H,2-5,8-9H2,1H3;5-6,12H,2-4,7-11H2,1H3;4-5,8H,2-3,6-7H2,1H3;4-6H,2-3H2,1H3;5,8H,2,4,6-7H2,1,3H3. The highest BCUT2D eigenvalue weighted by Crippen LogP contribution is 2.31. The van der Waals surface area contributed by atoms with Crippen LogP contribution < -0.4 is 23.7 Å². The molecule has 11 rings (SSSR count). The number of aryl methyl sites for hydroxylation is 11. The fourth-order valence-electron chi connectivity index (χ4n) is 12.7. The molecule has 5 aliphatic carbocycles. The molecule has 0 saturated carbocycles. The first-order valence-corrected chi connectivity index (χ1v) is 42.5. The van der Waals surface area contributed by atoms with E-state index in [4.69, 9.17) is 42.6 Å². The van der Waals surface area contributed by atoms with Gasteiger partial charge in [-0.25, -0.2) is 0 Å². The number of hydrogen-bond acceptors (Lipinski definition) is 9. The lowest BCUT2D eigenvalue weighted by atomic mass is 9.87. The Morgan fingerprint density at radius 2 is 0.657 bits per heavy atom. The quantitative estimate of drug-likeness (QED) is 0.0274. The van der Waals surface area contributed by atoms with Crippen molar-refractivity contribution in [1.82, 2.24) is 0 Å². The molecule has 0 radical (unpaired) electrons. The summed E-state index contributed by atoms with van der Waals surface area (Å²) >= 11 is 0. The van der Waals surface area contributed by atoms with E-state index >= 15 is 0 Å². The second-order valence-electron chi connectivity index (χ2n) is 29.0. The molecule has 0 heterocycles. The molecule has 108 heavy (non-hydrogen) atoms. The molecule has 0 aromatic heterocycles. The van der Waals surface area contributed by atoms with Gasteiger partial charge in [0.2, 0.25) is 0 Å². The van der Waals surface area contributed by atoms with E-state index in [0.717, 1.165) is 132 Å². The van der Waals surface area contributed by atoms with Crippen LogP contribution in [0.3, 0.4) is 0 Å². The van der Waals surface area contributed by atoms with Crippen LogP contribution in [0.15, 0.2) is 160 Å². The van der Waals surface area contributed by atoms with Crippen molar-refractivity contribution < 1.29 is 42.6 Å². The molecule has 0 amide bonds. The van der Waals surface area contributed by atoms with Crippen molar-refractivity contribution in [2.45, 2.75) is 285 Å². The van der Waals surface area contributed by atoms with Crippen molar-refractivity contribution in [3.63, 3.8) is 0 Å². The first-order chi connectivity index (χ1) is 53.0.